The van der Waals surface area contributed by atoms with E-state index in [0.29, 0.717) is 32.5 Å². The Morgan fingerprint density at radius 1 is 1.19 bits per heavy atom. The lowest BCUT2D eigenvalue weighted by molar-refractivity contribution is -0.127. The third-order valence-electron chi connectivity index (χ3n) is 3.45. The molecule has 0 spiro atoms. The smallest absolute Gasteiger partial charge is 0.152 e. The van der Waals surface area contributed by atoms with Gasteiger partial charge in [0.15, 0.2) is 5.78 Å². The molecule has 0 saturated carbocycles. The van der Waals surface area contributed by atoms with Gasteiger partial charge in [0.2, 0.25) is 0 Å². The van der Waals surface area contributed by atoms with E-state index in [0.717, 1.165) is 12.8 Å². The molecule has 0 radical (unpaired) electrons. The molecular formula is C13H25NO2. The van der Waals surface area contributed by atoms with Crippen LogP contribution in [0.4, 0.5) is 0 Å². The minimum absolute atomic E-state index is 0.243. The second-order valence-electron chi connectivity index (χ2n) is 4.86. The highest BCUT2D eigenvalue weighted by molar-refractivity contribution is 5.88. The standard InChI is InChI=1S/C13H25NO2/c1-2-3-4-5-6-7-12(15)13(14)8-10-16-11-9-13/h2-11,14H2,1H3. The summed E-state index contributed by atoms with van der Waals surface area (Å²) in [5.74, 6) is 0.243. The van der Waals surface area contributed by atoms with Gasteiger partial charge >= 0.3 is 0 Å². The Balaban J connectivity index is 2.18. The van der Waals surface area contributed by atoms with Gasteiger partial charge in [0, 0.05) is 19.6 Å². The predicted octanol–water partition coefficient (Wildman–Crippen LogP) is 2.42. The second kappa shape index (κ2) is 7.02. The number of rotatable bonds is 7. The fraction of sp³-hybridized carbons (Fsp3) is 0.923. The molecule has 0 aromatic heterocycles. The fourth-order valence-electron chi connectivity index (χ4n) is 2.15. The zero-order valence-electron chi connectivity index (χ0n) is 10.5. The topological polar surface area (TPSA) is 52.3 Å². The molecule has 2 N–H and O–H groups in total. The first-order chi connectivity index (χ1) is 7.69. The van der Waals surface area contributed by atoms with E-state index in [1.54, 1.807) is 0 Å². The Bertz CT molecular complexity index is 210. The number of unbranched alkanes of at least 4 members (excludes halogenated alkanes) is 4. The van der Waals surface area contributed by atoms with E-state index < -0.39 is 5.54 Å². The summed E-state index contributed by atoms with van der Waals surface area (Å²) in [6.07, 6.45) is 7.96. The highest BCUT2D eigenvalue weighted by Gasteiger charge is 2.34. The van der Waals surface area contributed by atoms with Crippen LogP contribution in [0.1, 0.15) is 58.3 Å². The van der Waals surface area contributed by atoms with Crippen molar-refractivity contribution in [2.24, 2.45) is 5.73 Å². The van der Waals surface area contributed by atoms with Crippen molar-refractivity contribution in [3.05, 3.63) is 0 Å². The Kier molecular flexibility index (Phi) is 5.99. The lowest BCUT2D eigenvalue weighted by Gasteiger charge is -2.31. The van der Waals surface area contributed by atoms with Gasteiger partial charge in [-0.1, -0.05) is 32.6 Å². The SMILES string of the molecule is CCCCCCCC(=O)C1(N)CCOCC1. The van der Waals surface area contributed by atoms with E-state index in [1.165, 1.54) is 19.3 Å². The van der Waals surface area contributed by atoms with Crippen LogP contribution in [-0.2, 0) is 9.53 Å². The zero-order chi connectivity index (χ0) is 11.9. The molecule has 1 aliphatic rings. The Hall–Kier alpha value is -0.410. The van der Waals surface area contributed by atoms with Crippen molar-refractivity contribution in [3.63, 3.8) is 0 Å². The first kappa shape index (κ1) is 13.7. The molecule has 3 heteroatoms. The summed E-state index contributed by atoms with van der Waals surface area (Å²) in [4.78, 5) is 12.0. The van der Waals surface area contributed by atoms with Crippen molar-refractivity contribution in [3.8, 4) is 0 Å². The number of carbonyl (C=O) groups is 1. The Morgan fingerprint density at radius 2 is 1.81 bits per heavy atom. The van der Waals surface area contributed by atoms with E-state index in [-0.39, 0.29) is 5.78 Å². The molecule has 1 fully saturated rings. The minimum atomic E-state index is -0.580. The number of carbonyl (C=O) groups excluding carboxylic acids is 1. The van der Waals surface area contributed by atoms with Crippen molar-refractivity contribution in [2.75, 3.05) is 13.2 Å². The zero-order valence-corrected chi connectivity index (χ0v) is 10.5. The van der Waals surface area contributed by atoms with Crippen LogP contribution in [0.2, 0.25) is 0 Å². The van der Waals surface area contributed by atoms with E-state index in [9.17, 15) is 4.79 Å². The average molecular weight is 227 g/mol. The van der Waals surface area contributed by atoms with Gasteiger partial charge in [0.05, 0.1) is 5.54 Å². The Morgan fingerprint density at radius 3 is 2.44 bits per heavy atom. The number of hydrogen-bond donors (Lipinski definition) is 1. The van der Waals surface area contributed by atoms with Crippen LogP contribution in [0.5, 0.6) is 0 Å². The van der Waals surface area contributed by atoms with Gasteiger partial charge in [-0.05, 0) is 19.3 Å². The summed E-state index contributed by atoms with van der Waals surface area (Å²) in [7, 11) is 0. The van der Waals surface area contributed by atoms with Crippen LogP contribution in [-0.4, -0.2) is 24.5 Å². The number of nitrogens with two attached hydrogens (primary N) is 1. The van der Waals surface area contributed by atoms with E-state index in [1.807, 2.05) is 0 Å². The van der Waals surface area contributed by atoms with Crippen LogP contribution in [0.3, 0.4) is 0 Å². The van der Waals surface area contributed by atoms with E-state index in [2.05, 4.69) is 6.92 Å². The lowest BCUT2D eigenvalue weighted by atomic mass is 9.84. The van der Waals surface area contributed by atoms with Crippen LogP contribution in [0, 0.1) is 0 Å². The maximum Gasteiger partial charge on any atom is 0.152 e. The van der Waals surface area contributed by atoms with Gasteiger partial charge in [0.1, 0.15) is 0 Å². The van der Waals surface area contributed by atoms with E-state index in [4.69, 9.17) is 10.5 Å². The number of ketones is 1. The van der Waals surface area contributed by atoms with Crippen molar-refractivity contribution in [1.29, 1.82) is 0 Å². The molecule has 0 aliphatic carbocycles. The lowest BCUT2D eigenvalue weighted by Crippen LogP contribution is -2.51. The largest absolute Gasteiger partial charge is 0.381 e. The third-order valence-corrected chi connectivity index (χ3v) is 3.45. The number of hydrogen-bond acceptors (Lipinski definition) is 3. The van der Waals surface area contributed by atoms with Gasteiger partial charge in [-0.15, -0.1) is 0 Å². The van der Waals surface area contributed by atoms with Crippen LogP contribution in [0.25, 0.3) is 0 Å². The molecule has 0 atom stereocenters. The molecule has 0 bridgehead atoms. The summed E-state index contributed by atoms with van der Waals surface area (Å²) >= 11 is 0. The van der Waals surface area contributed by atoms with Gasteiger partial charge < -0.3 is 10.5 Å². The molecule has 1 heterocycles. The molecule has 1 aliphatic heterocycles. The summed E-state index contributed by atoms with van der Waals surface area (Å²) in [6.45, 7) is 3.47. The molecule has 0 aromatic carbocycles. The van der Waals surface area contributed by atoms with Crippen molar-refractivity contribution in [1.82, 2.24) is 0 Å². The molecule has 94 valence electrons. The van der Waals surface area contributed by atoms with Gasteiger partial charge in [-0.3, -0.25) is 4.79 Å². The highest BCUT2D eigenvalue weighted by Crippen LogP contribution is 2.21. The quantitative estimate of drug-likeness (QED) is 0.680. The molecular weight excluding hydrogens is 202 g/mol. The first-order valence-electron chi connectivity index (χ1n) is 6.59. The molecule has 0 amide bonds. The van der Waals surface area contributed by atoms with Gasteiger partial charge in [-0.2, -0.15) is 0 Å². The second-order valence-corrected chi connectivity index (χ2v) is 4.86. The maximum atomic E-state index is 12.0. The average Bonchev–Trinajstić information content (AvgIpc) is 2.29. The molecule has 3 nitrogen and oxygen atoms in total. The first-order valence-corrected chi connectivity index (χ1v) is 6.59. The van der Waals surface area contributed by atoms with Crippen LogP contribution >= 0.6 is 0 Å². The Labute approximate surface area is 98.7 Å². The van der Waals surface area contributed by atoms with Crippen LogP contribution < -0.4 is 5.73 Å². The minimum Gasteiger partial charge on any atom is -0.381 e. The monoisotopic (exact) mass is 227 g/mol. The summed E-state index contributed by atoms with van der Waals surface area (Å²) in [6, 6.07) is 0. The van der Waals surface area contributed by atoms with Gasteiger partial charge in [-0.25, -0.2) is 0 Å². The summed E-state index contributed by atoms with van der Waals surface area (Å²) in [5, 5.41) is 0. The van der Waals surface area contributed by atoms with Crippen molar-refractivity contribution in [2.45, 2.75) is 63.8 Å². The summed E-state index contributed by atoms with van der Waals surface area (Å²) in [5.41, 5.74) is 5.53. The van der Waals surface area contributed by atoms with Crippen molar-refractivity contribution < 1.29 is 9.53 Å². The molecule has 0 unspecified atom stereocenters. The van der Waals surface area contributed by atoms with Crippen LogP contribution in [0.15, 0.2) is 0 Å². The molecule has 16 heavy (non-hydrogen) atoms. The predicted molar refractivity (Wildman–Crippen MR) is 65.4 cm³/mol. The maximum absolute atomic E-state index is 12.0. The molecule has 0 aromatic rings. The summed E-state index contributed by atoms with van der Waals surface area (Å²) < 4.78 is 5.24. The fourth-order valence-corrected chi connectivity index (χ4v) is 2.15. The number of Topliss-reactive ketones (excluding diaryl/α,β-unsaturated/α-hetero) is 1. The van der Waals surface area contributed by atoms with Gasteiger partial charge in [0.25, 0.3) is 0 Å². The molecule has 1 saturated heterocycles. The highest BCUT2D eigenvalue weighted by atomic mass is 16.5. The van der Waals surface area contributed by atoms with E-state index >= 15 is 0 Å². The third kappa shape index (κ3) is 4.22. The van der Waals surface area contributed by atoms with Crippen molar-refractivity contribution >= 4 is 5.78 Å². The number of ether oxygens (including phenoxy) is 1. The molecule has 1 rings (SSSR count). The normalized spacial score (nSPS) is 19.6.